The zero-order valence-corrected chi connectivity index (χ0v) is 9.28. The van der Waals surface area contributed by atoms with E-state index in [2.05, 4.69) is 5.32 Å². The molecular formula is C11H18F3NO. The minimum absolute atomic E-state index is 0.0389. The van der Waals surface area contributed by atoms with Crippen LogP contribution < -0.4 is 5.32 Å². The second-order valence-electron chi connectivity index (χ2n) is 4.29. The Morgan fingerprint density at radius 3 is 2.69 bits per heavy atom. The highest BCUT2D eigenvalue weighted by atomic mass is 19.4. The van der Waals surface area contributed by atoms with E-state index in [0.29, 0.717) is 0 Å². The molecule has 94 valence electrons. The number of nitrogens with one attached hydrogen (secondary N) is 1. The smallest absolute Gasteiger partial charge is 0.307 e. The summed E-state index contributed by atoms with van der Waals surface area (Å²) < 4.78 is 35.7. The van der Waals surface area contributed by atoms with Gasteiger partial charge in [0.1, 0.15) is 5.78 Å². The molecule has 0 bridgehead atoms. The fourth-order valence-electron chi connectivity index (χ4n) is 1.94. The summed E-state index contributed by atoms with van der Waals surface area (Å²) in [6.07, 6.45) is -1.14. The van der Waals surface area contributed by atoms with Crippen LogP contribution in [-0.4, -0.2) is 24.5 Å². The van der Waals surface area contributed by atoms with E-state index in [0.717, 1.165) is 32.2 Å². The molecule has 1 N–H and O–H groups in total. The third-order valence-corrected chi connectivity index (χ3v) is 2.83. The SMILES string of the molecule is O=C(CCCC(F)(F)F)C1CCCCCN1. The first-order chi connectivity index (χ1) is 7.49. The van der Waals surface area contributed by atoms with Crippen molar-refractivity contribution in [2.24, 2.45) is 0 Å². The second-order valence-corrected chi connectivity index (χ2v) is 4.29. The maximum atomic E-state index is 11.9. The minimum Gasteiger partial charge on any atom is -0.307 e. The van der Waals surface area contributed by atoms with Crippen molar-refractivity contribution < 1.29 is 18.0 Å². The Morgan fingerprint density at radius 2 is 2.00 bits per heavy atom. The average Bonchev–Trinajstić information content (AvgIpc) is 2.43. The fourth-order valence-corrected chi connectivity index (χ4v) is 1.94. The lowest BCUT2D eigenvalue weighted by atomic mass is 10.0. The van der Waals surface area contributed by atoms with Crippen LogP contribution in [0.5, 0.6) is 0 Å². The molecule has 0 aromatic carbocycles. The summed E-state index contributed by atoms with van der Waals surface area (Å²) in [6.45, 7) is 0.801. The van der Waals surface area contributed by atoms with Crippen LogP contribution >= 0.6 is 0 Å². The molecule has 1 aliphatic rings. The van der Waals surface area contributed by atoms with Gasteiger partial charge in [-0.05, 0) is 25.8 Å². The Bertz CT molecular complexity index is 220. The van der Waals surface area contributed by atoms with E-state index in [1.807, 2.05) is 0 Å². The standard InChI is InChI=1S/C11H18F3NO/c12-11(13,14)7-4-6-10(16)9-5-2-1-3-8-15-9/h9,15H,1-8H2. The number of hydrogen-bond donors (Lipinski definition) is 1. The molecule has 0 saturated carbocycles. The number of alkyl halides is 3. The second kappa shape index (κ2) is 6.23. The van der Waals surface area contributed by atoms with Crippen LogP contribution in [0.3, 0.4) is 0 Å². The van der Waals surface area contributed by atoms with E-state index >= 15 is 0 Å². The van der Waals surface area contributed by atoms with Crippen LogP contribution in [0.25, 0.3) is 0 Å². The zero-order valence-electron chi connectivity index (χ0n) is 9.28. The number of carbonyl (C=O) groups excluding carboxylic acids is 1. The van der Waals surface area contributed by atoms with Crippen molar-refractivity contribution in [1.29, 1.82) is 0 Å². The van der Waals surface area contributed by atoms with Gasteiger partial charge in [0, 0.05) is 12.8 Å². The summed E-state index contributed by atoms with van der Waals surface area (Å²) in [4.78, 5) is 11.6. The molecule has 0 spiro atoms. The van der Waals surface area contributed by atoms with E-state index in [9.17, 15) is 18.0 Å². The van der Waals surface area contributed by atoms with Gasteiger partial charge in [0.05, 0.1) is 6.04 Å². The van der Waals surface area contributed by atoms with Gasteiger partial charge in [-0.15, -0.1) is 0 Å². The molecule has 1 aliphatic heterocycles. The normalized spacial score (nSPS) is 22.8. The van der Waals surface area contributed by atoms with E-state index < -0.39 is 12.6 Å². The molecule has 0 amide bonds. The Morgan fingerprint density at radius 1 is 1.25 bits per heavy atom. The topological polar surface area (TPSA) is 29.1 Å². The summed E-state index contributed by atoms with van der Waals surface area (Å²) in [5.74, 6) is -0.0637. The van der Waals surface area contributed by atoms with Crippen LogP contribution in [0, 0.1) is 0 Å². The van der Waals surface area contributed by atoms with Gasteiger partial charge in [-0.25, -0.2) is 0 Å². The highest BCUT2D eigenvalue weighted by molar-refractivity contribution is 5.83. The van der Waals surface area contributed by atoms with Gasteiger partial charge < -0.3 is 5.32 Å². The van der Waals surface area contributed by atoms with Crippen molar-refractivity contribution in [1.82, 2.24) is 5.32 Å². The third kappa shape index (κ3) is 5.49. The van der Waals surface area contributed by atoms with Crippen LogP contribution in [0.15, 0.2) is 0 Å². The lowest BCUT2D eigenvalue weighted by Gasteiger charge is -2.14. The average molecular weight is 237 g/mol. The van der Waals surface area contributed by atoms with Crippen molar-refractivity contribution in [2.45, 2.75) is 57.2 Å². The van der Waals surface area contributed by atoms with E-state index in [4.69, 9.17) is 0 Å². The van der Waals surface area contributed by atoms with E-state index in [-0.39, 0.29) is 24.7 Å². The third-order valence-electron chi connectivity index (χ3n) is 2.83. The molecule has 1 atom stereocenters. The van der Waals surface area contributed by atoms with Crippen molar-refractivity contribution in [3.63, 3.8) is 0 Å². The van der Waals surface area contributed by atoms with Gasteiger partial charge >= 0.3 is 6.18 Å². The predicted octanol–water partition coefficient (Wildman–Crippen LogP) is 2.82. The van der Waals surface area contributed by atoms with Crippen molar-refractivity contribution in [3.8, 4) is 0 Å². The number of Topliss-reactive ketones (excluding diaryl/α,β-unsaturated/α-hetero) is 1. The van der Waals surface area contributed by atoms with Gasteiger partial charge in [-0.2, -0.15) is 13.2 Å². The van der Waals surface area contributed by atoms with Crippen molar-refractivity contribution in [3.05, 3.63) is 0 Å². The summed E-state index contributed by atoms with van der Waals surface area (Å²) in [6, 6.07) is -0.212. The van der Waals surface area contributed by atoms with Gasteiger partial charge in [-0.1, -0.05) is 12.8 Å². The van der Waals surface area contributed by atoms with Crippen LogP contribution in [-0.2, 0) is 4.79 Å². The molecule has 5 heteroatoms. The molecule has 0 aromatic rings. The number of halogens is 3. The Labute approximate surface area is 93.6 Å². The molecule has 1 rings (SSSR count). The van der Waals surface area contributed by atoms with Crippen LogP contribution in [0.1, 0.15) is 44.9 Å². The summed E-state index contributed by atoms with van der Waals surface area (Å²) in [7, 11) is 0. The number of rotatable bonds is 4. The quantitative estimate of drug-likeness (QED) is 0.814. The fraction of sp³-hybridized carbons (Fsp3) is 0.909. The number of carbonyl (C=O) groups is 1. The largest absolute Gasteiger partial charge is 0.389 e. The molecule has 1 unspecified atom stereocenters. The molecule has 0 aromatic heterocycles. The van der Waals surface area contributed by atoms with Gasteiger partial charge in [0.15, 0.2) is 0 Å². The molecule has 0 radical (unpaired) electrons. The highest BCUT2D eigenvalue weighted by Gasteiger charge is 2.27. The molecule has 1 saturated heterocycles. The predicted molar refractivity (Wildman–Crippen MR) is 55.2 cm³/mol. The number of ketones is 1. The Balaban J connectivity index is 2.23. The number of hydrogen-bond acceptors (Lipinski definition) is 2. The van der Waals surface area contributed by atoms with Gasteiger partial charge in [-0.3, -0.25) is 4.79 Å². The molecule has 1 heterocycles. The minimum atomic E-state index is -4.14. The van der Waals surface area contributed by atoms with Gasteiger partial charge in [0.2, 0.25) is 0 Å². The first kappa shape index (κ1) is 13.5. The van der Waals surface area contributed by atoms with Crippen LogP contribution in [0.2, 0.25) is 0 Å². The lowest BCUT2D eigenvalue weighted by molar-refractivity contribution is -0.137. The first-order valence-corrected chi connectivity index (χ1v) is 5.82. The highest BCUT2D eigenvalue weighted by Crippen LogP contribution is 2.22. The molecule has 16 heavy (non-hydrogen) atoms. The molecular weight excluding hydrogens is 219 g/mol. The van der Waals surface area contributed by atoms with Crippen LogP contribution in [0.4, 0.5) is 13.2 Å². The van der Waals surface area contributed by atoms with E-state index in [1.54, 1.807) is 0 Å². The molecule has 2 nitrogen and oxygen atoms in total. The van der Waals surface area contributed by atoms with Crippen molar-refractivity contribution >= 4 is 5.78 Å². The van der Waals surface area contributed by atoms with Crippen molar-refractivity contribution in [2.75, 3.05) is 6.54 Å². The summed E-state index contributed by atoms with van der Waals surface area (Å²) >= 11 is 0. The molecule has 0 aliphatic carbocycles. The van der Waals surface area contributed by atoms with Gasteiger partial charge in [0.25, 0.3) is 0 Å². The summed E-state index contributed by atoms with van der Waals surface area (Å²) in [5, 5.41) is 3.10. The molecule has 1 fully saturated rings. The Kier molecular flexibility index (Phi) is 5.25. The van der Waals surface area contributed by atoms with E-state index in [1.165, 1.54) is 0 Å². The maximum absolute atomic E-state index is 11.9. The monoisotopic (exact) mass is 237 g/mol. The Hall–Kier alpha value is -0.580. The lowest BCUT2D eigenvalue weighted by Crippen LogP contribution is -2.36. The summed E-state index contributed by atoms with van der Waals surface area (Å²) in [5.41, 5.74) is 0. The zero-order chi connectivity index (χ0) is 12.0. The first-order valence-electron chi connectivity index (χ1n) is 5.82. The maximum Gasteiger partial charge on any atom is 0.389 e.